The van der Waals surface area contributed by atoms with Crippen LogP contribution >= 0.6 is 11.6 Å². The van der Waals surface area contributed by atoms with Crippen LogP contribution in [0.3, 0.4) is 0 Å². The molecule has 2 fully saturated rings. The van der Waals surface area contributed by atoms with E-state index in [-0.39, 0.29) is 23.8 Å². The Balaban J connectivity index is 1.66. The van der Waals surface area contributed by atoms with E-state index in [9.17, 15) is 9.59 Å². The molecule has 0 N–H and O–H groups in total. The largest absolute Gasteiger partial charge is 0.370 e. The monoisotopic (exact) mass is 322 g/mol. The second kappa shape index (κ2) is 6.26. The van der Waals surface area contributed by atoms with Gasteiger partial charge in [0.25, 0.3) is 0 Å². The lowest BCUT2D eigenvalue weighted by molar-refractivity contribution is -0.143. The number of morpholine rings is 1. The third-order valence-corrected chi connectivity index (χ3v) is 4.56. The Bertz CT molecular complexity index is 575. The Morgan fingerprint density at radius 2 is 2.00 bits per heavy atom. The van der Waals surface area contributed by atoms with Gasteiger partial charge in [-0.1, -0.05) is 23.7 Å². The molecule has 118 valence electrons. The number of rotatable bonds is 2. The van der Waals surface area contributed by atoms with Gasteiger partial charge in [-0.2, -0.15) is 0 Å². The molecule has 5 nitrogen and oxygen atoms in total. The smallest absolute Gasteiger partial charge is 0.228 e. The molecular weight excluding hydrogens is 304 g/mol. The molecular formula is C16H19ClN2O3. The predicted molar refractivity (Wildman–Crippen MR) is 82.5 cm³/mol. The minimum absolute atomic E-state index is 0.0425. The summed E-state index contributed by atoms with van der Waals surface area (Å²) in [5.41, 5.74) is 1.02. The Kier molecular flexibility index (Phi) is 4.36. The summed E-state index contributed by atoms with van der Waals surface area (Å²) in [6.07, 6.45) is 0.183. The highest BCUT2D eigenvalue weighted by atomic mass is 35.5. The molecule has 2 aliphatic rings. The van der Waals surface area contributed by atoms with Crippen LogP contribution in [-0.4, -0.2) is 54.9 Å². The lowest BCUT2D eigenvalue weighted by Gasteiger charge is -2.34. The molecule has 2 amide bonds. The summed E-state index contributed by atoms with van der Waals surface area (Å²) in [6, 6.07) is 7.50. The van der Waals surface area contributed by atoms with E-state index in [2.05, 4.69) is 0 Å². The molecule has 2 atom stereocenters. The molecule has 0 unspecified atom stereocenters. The molecule has 2 saturated heterocycles. The van der Waals surface area contributed by atoms with E-state index in [1.807, 2.05) is 29.2 Å². The molecule has 2 aliphatic heterocycles. The molecule has 3 rings (SSSR count). The molecule has 0 spiro atoms. The van der Waals surface area contributed by atoms with Crippen molar-refractivity contribution in [3.05, 3.63) is 34.9 Å². The predicted octanol–water partition coefficient (Wildman–Crippen LogP) is 1.72. The fourth-order valence-electron chi connectivity index (χ4n) is 3.02. The third-order valence-electron chi connectivity index (χ3n) is 4.31. The zero-order chi connectivity index (χ0) is 15.7. The number of likely N-dealkylation sites (tertiary alicyclic amines) is 1. The summed E-state index contributed by atoms with van der Waals surface area (Å²) < 4.78 is 5.77. The maximum Gasteiger partial charge on any atom is 0.228 e. The SMILES string of the molecule is CN1C[C@H](C(=O)N2CCO[C@@H](c3ccc(Cl)cc3)C2)CC1=O. The lowest BCUT2D eigenvalue weighted by Crippen LogP contribution is -2.45. The molecule has 1 aromatic carbocycles. The first-order valence-corrected chi connectivity index (χ1v) is 7.82. The number of carbonyl (C=O) groups excluding carboxylic acids is 2. The number of ether oxygens (including phenoxy) is 1. The summed E-state index contributed by atoms with van der Waals surface area (Å²) in [6.45, 7) is 2.13. The van der Waals surface area contributed by atoms with Crippen LogP contribution in [0.15, 0.2) is 24.3 Å². The molecule has 0 aliphatic carbocycles. The topological polar surface area (TPSA) is 49.9 Å². The van der Waals surface area contributed by atoms with E-state index in [0.717, 1.165) is 5.56 Å². The number of carbonyl (C=O) groups is 2. The fourth-order valence-corrected chi connectivity index (χ4v) is 3.14. The molecule has 1 aromatic rings. The molecule has 0 saturated carbocycles. The number of nitrogens with zero attached hydrogens (tertiary/aromatic N) is 2. The van der Waals surface area contributed by atoms with Crippen LogP contribution in [0.2, 0.25) is 5.02 Å². The van der Waals surface area contributed by atoms with Gasteiger partial charge in [-0.3, -0.25) is 9.59 Å². The average Bonchev–Trinajstić information content (AvgIpc) is 2.87. The highest BCUT2D eigenvalue weighted by molar-refractivity contribution is 6.30. The number of halogens is 1. The van der Waals surface area contributed by atoms with Crippen molar-refractivity contribution in [2.75, 3.05) is 33.3 Å². The first-order chi connectivity index (χ1) is 10.5. The van der Waals surface area contributed by atoms with Crippen molar-refractivity contribution >= 4 is 23.4 Å². The van der Waals surface area contributed by atoms with Gasteiger partial charge in [0, 0.05) is 31.6 Å². The van der Waals surface area contributed by atoms with Gasteiger partial charge in [0.05, 0.1) is 19.1 Å². The quantitative estimate of drug-likeness (QED) is 0.833. The van der Waals surface area contributed by atoms with E-state index in [0.29, 0.717) is 37.7 Å². The maximum absolute atomic E-state index is 12.6. The van der Waals surface area contributed by atoms with Crippen molar-refractivity contribution in [2.24, 2.45) is 5.92 Å². The van der Waals surface area contributed by atoms with Crippen LogP contribution in [0.25, 0.3) is 0 Å². The zero-order valence-electron chi connectivity index (χ0n) is 12.5. The van der Waals surface area contributed by atoms with Gasteiger partial charge in [0.1, 0.15) is 6.10 Å². The zero-order valence-corrected chi connectivity index (χ0v) is 13.3. The van der Waals surface area contributed by atoms with Gasteiger partial charge in [0.15, 0.2) is 0 Å². The molecule has 2 heterocycles. The molecule has 0 bridgehead atoms. The van der Waals surface area contributed by atoms with Crippen LogP contribution in [0.5, 0.6) is 0 Å². The summed E-state index contributed by atoms with van der Waals surface area (Å²) in [5, 5.41) is 0.681. The fraction of sp³-hybridized carbons (Fsp3) is 0.500. The summed E-state index contributed by atoms with van der Waals surface area (Å²) in [7, 11) is 1.74. The van der Waals surface area contributed by atoms with Crippen molar-refractivity contribution < 1.29 is 14.3 Å². The van der Waals surface area contributed by atoms with Gasteiger partial charge in [-0.25, -0.2) is 0 Å². The van der Waals surface area contributed by atoms with Gasteiger partial charge in [0.2, 0.25) is 11.8 Å². The number of hydrogen-bond acceptors (Lipinski definition) is 3. The number of benzene rings is 1. The average molecular weight is 323 g/mol. The van der Waals surface area contributed by atoms with Gasteiger partial charge in [-0.15, -0.1) is 0 Å². The number of amides is 2. The highest BCUT2D eigenvalue weighted by Gasteiger charge is 2.36. The Labute approximate surface area is 134 Å². The van der Waals surface area contributed by atoms with Crippen LogP contribution in [0.4, 0.5) is 0 Å². The van der Waals surface area contributed by atoms with Crippen molar-refractivity contribution in [2.45, 2.75) is 12.5 Å². The first-order valence-electron chi connectivity index (χ1n) is 7.44. The lowest BCUT2D eigenvalue weighted by atomic mass is 10.0. The van der Waals surface area contributed by atoms with E-state index >= 15 is 0 Å². The standard InChI is InChI=1S/C16H19ClN2O3/c1-18-9-12(8-15(18)20)16(21)19-6-7-22-14(10-19)11-2-4-13(17)5-3-11/h2-5,12,14H,6-10H2,1H3/t12-,14-/m1/s1. The third kappa shape index (κ3) is 3.10. The van der Waals surface area contributed by atoms with Crippen LogP contribution < -0.4 is 0 Å². The molecule has 6 heteroatoms. The maximum atomic E-state index is 12.6. The molecule has 0 aromatic heterocycles. The van der Waals surface area contributed by atoms with E-state index in [1.54, 1.807) is 11.9 Å². The van der Waals surface area contributed by atoms with Gasteiger partial charge < -0.3 is 14.5 Å². The Morgan fingerprint density at radius 3 is 2.64 bits per heavy atom. The highest BCUT2D eigenvalue weighted by Crippen LogP contribution is 2.26. The van der Waals surface area contributed by atoms with Crippen molar-refractivity contribution in [1.82, 2.24) is 9.80 Å². The summed E-state index contributed by atoms with van der Waals surface area (Å²) >= 11 is 5.90. The van der Waals surface area contributed by atoms with E-state index in [4.69, 9.17) is 16.3 Å². The van der Waals surface area contributed by atoms with E-state index < -0.39 is 0 Å². The minimum atomic E-state index is -0.221. The van der Waals surface area contributed by atoms with Crippen LogP contribution in [0.1, 0.15) is 18.1 Å². The van der Waals surface area contributed by atoms with Crippen molar-refractivity contribution in [3.8, 4) is 0 Å². The van der Waals surface area contributed by atoms with Gasteiger partial charge >= 0.3 is 0 Å². The summed E-state index contributed by atoms with van der Waals surface area (Å²) in [5.74, 6) is -0.123. The Morgan fingerprint density at radius 1 is 1.27 bits per heavy atom. The van der Waals surface area contributed by atoms with Gasteiger partial charge in [-0.05, 0) is 17.7 Å². The van der Waals surface area contributed by atoms with Crippen molar-refractivity contribution in [1.29, 1.82) is 0 Å². The second-order valence-electron chi connectivity index (χ2n) is 5.87. The first kappa shape index (κ1) is 15.3. The molecule has 0 radical (unpaired) electrons. The summed E-state index contributed by atoms with van der Waals surface area (Å²) in [4.78, 5) is 27.6. The minimum Gasteiger partial charge on any atom is -0.370 e. The van der Waals surface area contributed by atoms with E-state index in [1.165, 1.54) is 0 Å². The molecule has 22 heavy (non-hydrogen) atoms. The van der Waals surface area contributed by atoms with Crippen molar-refractivity contribution in [3.63, 3.8) is 0 Å². The van der Waals surface area contributed by atoms with Crippen LogP contribution in [0, 0.1) is 5.92 Å². The Hall–Kier alpha value is -1.59. The van der Waals surface area contributed by atoms with Crippen LogP contribution in [-0.2, 0) is 14.3 Å². The number of hydrogen-bond donors (Lipinski definition) is 0. The normalized spacial score (nSPS) is 25.6. The second-order valence-corrected chi connectivity index (χ2v) is 6.31.